The third-order valence-electron chi connectivity index (χ3n) is 2.77. The van der Waals surface area contributed by atoms with Gasteiger partial charge in [-0.2, -0.15) is 11.3 Å². The van der Waals surface area contributed by atoms with E-state index in [0.717, 1.165) is 31.0 Å². The van der Waals surface area contributed by atoms with Crippen molar-refractivity contribution in [1.29, 1.82) is 0 Å². The van der Waals surface area contributed by atoms with Crippen LogP contribution in [0.15, 0.2) is 22.9 Å². The molecular weight excluding hydrogens is 258 g/mol. The van der Waals surface area contributed by atoms with Gasteiger partial charge in [0.2, 0.25) is 0 Å². The third-order valence-corrected chi connectivity index (χ3v) is 3.50. The van der Waals surface area contributed by atoms with E-state index in [4.69, 9.17) is 5.84 Å². The van der Waals surface area contributed by atoms with E-state index in [1.54, 1.807) is 11.3 Å². The summed E-state index contributed by atoms with van der Waals surface area (Å²) in [6, 6.07) is 3.99. The van der Waals surface area contributed by atoms with Crippen LogP contribution < -0.4 is 16.2 Å². The van der Waals surface area contributed by atoms with Crippen molar-refractivity contribution in [2.24, 2.45) is 5.84 Å². The second-order valence-electron chi connectivity index (χ2n) is 4.41. The summed E-state index contributed by atoms with van der Waals surface area (Å²) in [6.45, 7) is 2.94. The van der Waals surface area contributed by atoms with Crippen molar-refractivity contribution in [1.82, 2.24) is 9.97 Å². The Morgan fingerprint density at radius 1 is 1.42 bits per heavy atom. The molecule has 0 aliphatic heterocycles. The topological polar surface area (TPSA) is 67.1 Å². The number of nitrogens with zero attached hydrogens (tertiary/aromatic N) is 3. The summed E-state index contributed by atoms with van der Waals surface area (Å²) in [6.07, 6.45) is 1.87. The van der Waals surface area contributed by atoms with Crippen LogP contribution in [0.25, 0.3) is 0 Å². The summed E-state index contributed by atoms with van der Waals surface area (Å²) in [5, 5.41) is 4.23. The van der Waals surface area contributed by atoms with Crippen LogP contribution in [0.4, 0.5) is 11.6 Å². The number of thiophene rings is 1. The van der Waals surface area contributed by atoms with Crippen molar-refractivity contribution < 1.29 is 0 Å². The van der Waals surface area contributed by atoms with Crippen molar-refractivity contribution >= 4 is 23.0 Å². The molecular formula is C13H19N5S. The highest BCUT2D eigenvalue weighted by Crippen LogP contribution is 2.18. The molecule has 0 atom stereocenters. The molecule has 2 aromatic rings. The van der Waals surface area contributed by atoms with E-state index in [2.05, 4.69) is 44.0 Å². The number of hydrazine groups is 1. The molecule has 0 fully saturated rings. The molecule has 0 aliphatic rings. The predicted molar refractivity (Wildman–Crippen MR) is 80.3 cm³/mol. The summed E-state index contributed by atoms with van der Waals surface area (Å²) in [4.78, 5) is 11.0. The first-order valence-electron chi connectivity index (χ1n) is 6.29. The van der Waals surface area contributed by atoms with Gasteiger partial charge in [-0.15, -0.1) is 0 Å². The fourth-order valence-electron chi connectivity index (χ4n) is 1.83. The van der Waals surface area contributed by atoms with Crippen LogP contribution >= 0.6 is 11.3 Å². The van der Waals surface area contributed by atoms with Gasteiger partial charge in [-0.05, 0) is 28.8 Å². The summed E-state index contributed by atoms with van der Waals surface area (Å²) >= 11 is 1.70. The molecule has 0 radical (unpaired) electrons. The highest BCUT2D eigenvalue weighted by molar-refractivity contribution is 7.07. The first kappa shape index (κ1) is 13.8. The van der Waals surface area contributed by atoms with Crippen molar-refractivity contribution in [3.63, 3.8) is 0 Å². The average Bonchev–Trinajstić information content (AvgIpc) is 2.91. The molecule has 0 unspecified atom stereocenters. The zero-order valence-electron chi connectivity index (χ0n) is 11.3. The van der Waals surface area contributed by atoms with Crippen LogP contribution in [0.5, 0.6) is 0 Å². The highest BCUT2D eigenvalue weighted by atomic mass is 32.1. The van der Waals surface area contributed by atoms with Crippen LogP contribution in [0.3, 0.4) is 0 Å². The second-order valence-corrected chi connectivity index (χ2v) is 5.19. The molecule has 0 saturated carbocycles. The molecule has 0 aliphatic carbocycles. The molecule has 102 valence electrons. The van der Waals surface area contributed by atoms with Crippen molar-refractivity contribution in [2.75, 3.05) is 17.4 Å². The van der Waals surface area contributed by atoms with Crippen LogP contribution in [-0.2, 0) is 13.0 Å². The quantitative estimate of drug-likeness (QED) is 0.627. The lowest BCUT2D eigenvalue weighted by atomic mass is 10.3. The normalized spacial score (nSPS) is 10.5. The van der Waals surface area contributed by atoms with E-state index < -0.39 is 0 Å². The van der Waals surface area contributed by atoms with Gasteiger partial charge < -0.3 is 10.3 Å². The second kappa shape index (κ2) is 6.49. The molecule has 19 heavy (non-hydrogen) atoms. The zero-order valence-corrected chi connectivity index (χ0v) is 12.1. The highest BCUT2D eigenvalue weighted by Gasteiger charge is 2.08. The number of aromatic nitrogens is 2. The summed E-state index contributed by atoms with van der Waals surface area (Å²) in [5.41, 5.74) is 3.89. The van der Waals surface area contributed by atoms with E-state index in [-0.39, 0.29) is 0 Å². The molecule has 2 rings (SSSR count). The maximum atomic E-state index is 5.46. The predicted octanol–water partition coefficient (Wildman–Crippen LogP) is 2.41. The third kappa shape index (κ3) is 3.65. The van der Waals surface area contributed by atoms with Crippen LogP contribution in [0, 0.1) is 0 Å². The van der Waals surface area contributed by atoms with Crippen LogP contribution in [0.1, 0.15) is 24.7 Å². The molecule has 2 aromatic heterocycles. The Morgan fingerprint density at radius 2 is 2.26 bits per heavy atom. The minimum absolute atomic E-state index is 0.658. The number of anilines is 2. The Kier molecular flexibility index (Phi) is 4.70. The first-order chi connectivity index (χ1) is 9.22. The number of nitrogen functional groups attached to an aromatic ring is 1. The maximum Gasteiger partial charge on any atom is 0.145 e. The molecule has 0 amide bonds. The SMILES string of the molecule is CCCc1nc(NN)cc(N(C)Cc2ccsc2)n1. The van der Waals surface area contributed by atoms with Gasteiger partial charge in [0.05, 0.1) is 0 Å². The van der Waals surface area contributed by atoms with E-state index in [0.29, 0.717) is 5.82 Å². The monoisotopic (exact) mass is 277 g/mol. The minimum atomic E-state index is 0.658. The first-order valence-corrected chi connectivity index (χ1v) is 7.24. The van der Waals surface area contributed by atoms with E-state index in [1.165, 1.54) is 5.56 Å². The molecule has 5 nitrogen and oxygen atoms in total. The van der Waals surface area contributed by atoms with Crippen LogP contribution in [0.2, 0.25) is 0 Å². The van der Waals surface area contributed by atoms with Gasteiger partial charge in [0.1, 0.15) is 17.5 Å². The van der Waals surface area contributed by atoms with Gasteiger partial charge in [0.15, 0.2) is 0 Å². The number of nitrogens with two attached hydrogens (primary N) is 1. The fraction of sp³-hybridized carbons (Fsp3) is 0.385. The van der Waals surface area contributed by atoms with Crippen molar-refractivity contribution in [3.8, 4) is 0 Å². The number of rotatable bonds is 6. The molecule has 0 saturated heterocycles. The molecule has 0 spiro atoms. The zero-order chi connectivity index (χ0) is 13.7. The lowest BCUT2D eigenvalue weighted by molar-refractivity contribution is 0.813. The van der Waals surface area contributed by atoms with Gasteiger partial charge in [0.25, 0.3) is 0 Å². The average molecular weight is 277 g/mol. The van der Waals surface area contributed by atoms with E-state index in [9.17, 15) is 0 Å². The Hall–Kier alpha value is -1.66. The van der Waals surface area contributed by atoms with Gasteiger partial charge in [-0.25, -0.2) is 15.8 Å². The van der Waals surface area contributed by atoms with Crippen molar-refractivity contribution in [2.45, 2.75) is 26.3 Å². The molecule has 2 heterocycles. The van der Waals surface area contributed by atoms with Crippen molar-refractivity contribution in [3.05, 3.63) is 34.3 Å². The van der Waals surface area contributed by atoms with Gasteiger partial charge >= 0.3 is 0 Å². The van der Waals surface area contributed by atoms with E-state index in [1.807, 2.05) is 13.1 Å². The van der Waals surface area contributed by atoms with Gasteiger partial charge in [-0.1, -0.05) is 6.92 Å². The maximum absolute atomic E-state index is 5.46. The lowest BCUT2D eigenvalue weighted by Gasteiger charge is -2.19. The lowest BCUT2D eigenvalue weighted by Crippen LogP contribution is -2.19. The molecule has 0 aromatic carbocycles. The number of aryl methyl sites for hydroxylation is 1. The van der Waals surface area contributed by atoms with Gasteiger partial charge in [-0.3, -0.25) is 0 Å². The fourth-order valence-corrected chi connectivity index (χ4v) is 2.49. The Bertz CT molecular complexity index is 512. The smallest absolute Gasteiger partial charge is 0.145 e. The Labute approximate surface area is 117 Å². The number of hydrogen-bond acceptors (Lipinski definition) is 6. The minimum Gasteiger partial charge on any atom is -0.355 e. The van der Waals surface area contributed by atoms with Crippen LogP contribution in [-0.4, -0.2) is 17.0 Å². The molecule has 0 bridgehead atoms. The Balaban J connectivity index is 2.19. The Morgan fingerprint density at radius 3 is 2.89 bits per heavy atom. The van der Waals surface area contributed by atoms with Gasteiger partial charge in [0, 0.05) is 26.1 Å². The summed E-state index contributed by atoms with van der Waals surface area (Å²) in [5.74, 6) is 7.83. The molecule has 6 heteroatoms. The number of nitrogens with one attached hydrogen (secondary N) is 1. The standard InChI is InChI=1S/C13H19N5S/c1-3-4-11-15-12(17-14)7-13(16-11)18(2)8-10-5-6-19-9-10/h5-7,9H,3-4,8,14H2,1-2H3,(H,15,16,17). The molecule has 3 N–H and O–H groups in total. The summed E-state index contributed by atoms with van der Waals surface area (Å²) in [7, 11) is 2.02. The summed E-state index contributed by atoms with van der Waals surface area (Å²) < 4.78 is 0. The largest absolute Gasteiger partial charge is 0.355 e. The van der Waals surface area contributed by atoms with E-state index >= 15 is 0 Å². The number of hydrogen-bond donors (Lipinski definition) is 2.